The van der Waals surface area contributed by atoms with Crippen molar-refractivity contribution in [1.82, 2.24) is 14.9 Å². The first-order valence-corrected chi connectivity index (χ1v) is 10.1. The number of hydrogen-bond donors (Lipinski definition) is 3. The molecule has 1 aromatic rings. The summed E-state index contributed by atoms with van der Waals surface area (Å²) in [6, 6.07) is 0.246. The molecular formula is C20H36N8O. The minimum absolute atomic E-state index is 0.124. The summed E-state index contributed by atoms with van der Waals surface area (Å²) in [4.78, 5) is 17.3. The third-order valence-corrected chi connectivity index (χ3v) is 5.15. The smallest absolute Gasteiger partial charge is 0.208 e. The van der Waals surface area contributed by atoms with Gasteiger partial charge in [-0.2, -0.15) is 0 Å². The predicted octanol–water partition coefficient (Wildman–Crippen LogP) is 2.88. The number of hydrogen-bond acceptors (Lipinski definition) is 8. The van der Waals surface area contributed by atoms with E-state index in [1.54, 1.807) is 0 Å². The lowest BCUT2D eigenvalue weighted by Gasteiger charge is -2.35. The van der Waals surface area contributed by atoms with E-state index in [4.69, 9.17) is 10.9 Å². The molecule has 0 saturated heterocycles. The highest BCUT2D eigenvalue weighted by molar-refractivity contribution is 5.95. The molecule has 0 aliphatic heterocycles. The Morgan fingerprint density at radius 2 is 2.00 bits per heavy atom. The zero-order valence-corrected chi connectivity index (χ0v) is 18.6. The molecule has 0 bridgehead atoms. The molecule has 1 fully saturated rings. The maximum Gasteiger partial charge on any atom is 0.208 e. The maximum atomic E-state index is 9.06. The standard InChI is InChI=1S/C20H36N8O/c1-13(14-9-8-10-14)23-18-15(28(7)12-27(6)11-20(2,3)4)17(22-5)24-19(25-18)16(21)26-29/h13-14,29H,5,8-12H2,1-4,6-7H3,(H2,21,26)(H,23,24,25)/t13-/m1/s1. The van der Waals surface area contributed by atoms with E-state index in [0.29, 0.717) is 24.2 Å². The van der Waals surface area contributed by atoms with Gasteiger partial charge in [0.05, 0.1) is 6.67 Å². The molecule has 162 valence electrons. The first-order chi connectivity index (χ1) is 13.6. The molecule has 1 atom stereocenters. The van der Waals surface area contributed by atoms with Gasteiger partial charge in [0, 0.05) is 19.6 Å². The van der Waals surface area contributed by atoms with Gasteiger partial charge in [-0.15, -0.1) is 0 Å². The minimum Gasteiger partial charge on any atom is -0.409 e. The van der Waals surface area contributed by atoms with Crippen LogP contribution in [0.15, 0.2) is 10.1 Å². The minimum atomic E-state index is -0.159. The van der Waals surface area contributed by atoms with Crippen LogP contribution in [-0.2, 0) is 0 Å². The van der Waals surface area contributed by atoms with Gasteiger partial charge in [0.2, 0.25) is 11.7 Å². The molecule has 1 aliphatic rings. The molecule has 2 rings (SSSR count). The van der Waals surface area contributed by atoms with Gasteiger partial charge in [0.15, 0.2) is 11.6 Å². The number of anilines is 2. The van der Waals surface area contributed by atoms with Crippen molar-refractivity contribution in [3.8, 4) is 0 Å². The lowest BCUT2D eigenvalue weighted by atomic mass is 9.80. The van der Waals surface area contributed by atoms with Crippen molar-refractivity contribution in [3.63, 3.8) is 0 Å². The molecule has 0 amide bonds. The lowest BCUT2D eigenvalue weighted by molar-refractivity contribution is 0.229. The third-order valence-electron chi connectivity index (χ3n) is 5.15. The predicted molar refractivity (Wildman–Crippen MR) is 120 cm³/mol. The molecule has 9 heteroatoms. The van der Waals surface area contributed by atoms with Gasteiger partial charge >= 0.3 is 0 Å². The highest BCUT2D eigenvalue weighted by Gasteiger charge is 2.27. The van der Waals surface area contributed by atoms with Crippen LogP contribution in [0.1, 0.15) is 52.8 Å². The molecule has 0 radical (unpaired) electrons. The fraction of sp³-hybridized carbons (Fsp3) is 0.700. The molecule has 1 saturated carbocycles. The van der Waals surface area contributed by atoms with Crippen LogP contribution in [0.4, 0.5) is 17.3 Å². The fourth-order valence-corrected chi connectivity index (χ4v) is 3.73. The number of aromatic nitrogens is 2. The van der Waals surface area contributed by atoms with Gasteiger partial charge in [-0.3, -0.25) is 4.90 Å². The average molecular weight is 405 g/mol. The summed E-state index contributed by atoms with van der Waals surface area (Å²) in [7, 11) is 4.06. The summed E-state index contributed by atoms with van der Waals surface area (Å²) in [5.74, 6) is 1.59. The SMILES string of the molecule is C=Nc1nc(/C(N)=N/O)nc(N[C@H](C)C2CCC2)c1N(C)CN(C)CC(C)(C)C. The van der Waals surface area contributed by atoms with Gasteiger partial charge in [-0.1, -0.05) is 32.3 Å². The summed E-state index contributed by atoms with van der Waals surface area (Å²) >= 11 is 0. The Morgan fingerprint density at radius 3 is 2.48 bits per heavy atom. The molecule has 1 heterocycles. The Kier molecular flexibility index (Phi) is 7.40. The van der Waals surface area contributed by atoms with Gasteiger partial charge in [0.1, 0.15) is 5.69 Å². The quantitative estimate of drug-likeness (QED) is 0.190. The van der Waals surface area contributed by atoms with Crippen molar-refractivity contribution in [2.24, 2.45) is 27.2 Å². The second kappa shape index (κ2) is 9.39. The Labute approximate surface area is 174 Å². The van der Waals surface area contributed by atoms with E-state index in [9.17, 15) is 0 Å². The monoisotopic (exact) mass is 404 g/mol. The summed E-state index contributed by atoms with van der Waals surface area (Å²) in [6.45, 7) is 14.1. The molecule has 29 heavy (non-hydrogen) atoms. The van der Waals surface area contributed by atoms with Crippen molar-refractivity contribution in [2.75, 3.05) is 37.5 Å². The van der Waals surface area contributed by atoms with Crippen molar-refractivity contribution in [3.05, 3.63) is 5.82 Å². The van der Waals surface area contributed by atoms with Crippen LogP contribution in [-0.4, -0.2) is 66.0 Å². The van der Waals surface area contributed by atoms with E-state index in [1.165, 1.54) is 19.3 Å². The van der Waals surface area contributed by atoms with Crippen molar-refractivity contribution in [1.29, 1.82) is 0 Å². The molecule has 1 aromatic heterocycles. The maximum absolute atomic E-state index is 9.06. The summed E-state index contributed by atoms with van der Waals surface area (Å²) in [5, 5.41) is 15.6. The van der Waals surface area contributed by atoms with E-state index in [2.05, 4.69) is 76.7 Å². The average Bonchev–Trinajstić information content (AvgIpc) is 2.56. The molecule has 9 nitrogen and oxygen atoms in total. The Morgan fingerprint density at radius 1 is 1.34 bits per heavy atom. The summed E-state index contributed by atoms with van der Waals surface area (Å²) in [6.07, 6.45) is 3.68. The third kappa shape index (κ3) is 6.03. The summed E-state index contributed by atoms with van der Waals surface area (Å²) in [5.41, 5.74) is 6.69. The Hall–Kier alpha value is -2.42. The molecule has 0 unspecified atom stereocenters. The Balaban J connectivity index is 2.39. The number of oxime groups is 1. The number of nitrogens with one attached hydrogen (secondary N) is 1. The van der Waals surface area contributed by atoms with Crippen LogP contribution in [0.25, 0.3) is 0 Å². The van der Waals surface area contributed by atoms with Gasteiger partial charge in [-0.05, 0) is 44.9 Å². The molecular weight excluding hydrogens is 368 g/mol. The number of rotatable bonds is 9. The highest BCUT2D eigenvalue weighted by atomic mass is 16.4. The van der Waals surface area contributed by atoms with E-state index in [-0.39, 0.29) is 23.1 Å². The first kappa shape index (κ1) is 22.9. The highest BCUT2D eigenvalue weighted by Crippen LogP contribution is 2.36. The van der Waals surface area contributed by atoms with Crippen molar-refractivity contribution in [2.45, 2.75) is 53.0 Å². The van der Waals surface area contributed by atoms with Crippen molar-refractivity contribution >= 4 is 29.9 Å². The molecule has 1 aliphatic carbocycles. The number of nitrogens with zero attached hydrogens (tertiary/aromatic N) is 6. The number of aliphatic imine (C=N–C) groups is 1. The second-order valence-electron chi connectivity index (χ2n) is 9.25. The van der Waals surface area contributed by atoms with Crippen LogP contribution in [0.3, 0.4) is 0 Å². The zero-order chi connectivity index (χ0) is 21.8. The van der Waals surface area contributed by atoms with E-state index >= 15 is 0 Å². The van der Waals surface area contributed by atoms with Crippen LogP contribution >= 0.6 is 0 Å². The van der Waals surface area contributed by atoms with Gasteiger partial charge in [0.25, 0.3) is 0 Å². The number of nitrogens with two attached hydrogens (primary N) is 1. The largest absolute Gasteiger partial charge is 0.409 e. The zero-order valence-electron chi connectivity index (χ0n) is 18.6. The molecule has 4 N–H and O–H groups in total. The molecule has 0 spiro atoms. The first-order valence-electron chi connectivity index (χ1n) is 10.1. The molecule has 0 aromatic carbocycles. The van der Waals surface area contributed by atoms with E-state index in [0.717, 1.165) is 12.2 Å². The fourth-order valence-electron chi connectivity index (χ4n) is 3.73. The Bertz CT molecular complexity index is 739. The van der Waals surface area contributed by atoms with Crippen LogP contribution in [0.5, 0.6) is 0 Å². The summed E-state index contributed by atoms with van der Waals surface area (Å²) < 4.78 is 0. The normalized spacial score (nSPS) is 16.4. The second-order valence-corrected chi connectivity index (χ2v) is 9.25. The van der Waals surface area contributed by atoms with Gasteiger partial charge in [-0.25, -0.2) is 15.0 Å². The lowest BCUT2D eigenvalue weighted by Crippen LogP contribution is -2.39. The van der Waals surface area contributed by atoms with E-state index in [1.807, 2.05) is 7.05 Å². The van der Waals surface area contributed by atoms with Crippen molar-refractivity contribution < 1.29 is 5.21 Å². The topological polar surface area (TPSA) is 115 Å². The van der Waals surface area contributed by atoms with Crippen LogP contribution in [0, 0.1) is 11.3 Å². The number of amidine groups is 1. The van der Waals surface area contributed by atoms with E-state index < -0.39 is 0 Å². The van der Waals surface area contributed by atoms with Crippen LogP contribution < -0.4 is 16.0 Å². The van der Waals surface area contributed by atoms with Gasteiger partial charge < -0.3 is 21.2 Å². The van der Waals surface area contributed by atoms with Crippen LogP contribution in [0.2, 0.25) is 0 Å².